The van der Waals surface area contributed by atoms with Crippen LogP contribution in [0.4, 0.5) is 0 Å². The second kappa shape index (κ2) is 10.5. The smallest absolute Gasteiger partial charge is 0.220 e. The van der Waals surface area contributed by atoms with E-state index in [0.29, 0.717) is 31.9 Å². The van der Waals surface area contributed by atoms with E-state index in [1.54, 1.807) is 0 Å². The number of rotatable bonds is 8. The lowest BCUT2D eigenvalue weighted by atomic mass is 10.0. The van der Waals surface area contributed by atoms with Crippen molar-refractivity contribution in [3.63, 3.8) is 0 Å². The number of hydrogen-bond acceptors (Lipinski definition) is 3. The maximum atomic E-state index is 11.5. The summed E-state index contributed by atoms with van der Waals surface area (Å²) in [5.74, 6) is 1.38. The molecule has 1 rings (SSSR count). The number of benzene rings is 1. The molecule has 1 unspecified atom stereocenters. The van der Waals surface area contributed by atoms with Gasteiger partial charge in [-0.2, -0.15) is 0 Å². The fourth-order valence-corrected chi connectivity index (χ4v) is 1.76. The van der Waals surface area contributed by atoms with Gasteiger partial charge in [0, 0.05) is 12.5 Å². The average molecular weight is 315 g/mol. The van der Waals surface area contributed by atoms with Crippen LogP contribution in [0.15, 0.2) is 24.3 Å². The summed E-state index contributed by atoms with van der Waals surface area (Å²) in [5.41, 5.74) is 6.89. The highest BCUT2D eigenvalue weighted by atomic mass is 35.5. The zero-order chi connectivity index (χ0) is 15.0. The van der Waals surface area contributed by atoms with Crippen LogP contribution in [-0.4, -0.2) is 25.1 Å². The van der Waals surface area contributed by atoms with Gasteiger partial charge >= 0.3 is 0 Å². The molecule has 1 aromatic rings. The third kappa shape index (κ3) is 8.58. The molecule has 3 N–H and O–H groups in total. The summed E-state index contributed by atoms with van der Waals surface area (Å²) in [4.78, 5) is 11.5. The van der Waals surface area contributed by atoms with E-state index in [0.717, 1.165) is 5.75 Å². The van der Waals surface area contributed by atoms with Crippen molar-refractivity contribution in [2.24, 2.45) is 5.73 Å². The fraction of sp³-hybridized carbons (Fsp3) is 0.562. The molecule has 0 fully saturated rings. The van der Waals surface area contributed by atoms with Crippen molar-refractivity contribution >= 4 is 18.3 Å². The first-order valence-corrected chi connectivity index (χ1v) is 7.24. The molecule has 0 aliphatic carbocycles. The molecule has 4 nitrogen and oxygen atoms in total. The number of hydrogen-bond donors (Lipinski definition) is 2. The van der Waals surface area contributed by atoms with Crippen LogP contribution in [0.5, 0.6) is 5.75 Å². The SMILES string of the molecule is CC(N)CCC(=O)NCCOc1ccc(C(C)C)cc1.Cl. The first-order valence-electron chi connectivity index (χ1n) is 7.24. The van der Waals surface area contributed by atoms with Crippen LogP contribution in [0.1, 0.15) is 45.1 Å². The van der Waals surface area contributed by atoms with Crippen LogP contribution >= 0.6 is 12.4 Å². The van der Waals surface area contributed by atoms with Crippen LogP contribution in [-0.2, 0) is 4.79 Å². The van der Waals surface area contributed by atoms with Gasteiger partial charge in [-0.1, -0.05) is 26.0 Å². The topological polar surface area (TPSA) is 64.4 Å². The molecule has 1 aromatic carbocycles. The second-order valence-electron chi connectivity index (χ2n) is 5.44. The van der Waals surface area contributed by atoms with Crippen LogP contribution in [0, 0.1) is 0 Å². The van der Waals surface area contributed by atoms with Gasteiger partial charge in [0.15, 0.2) is 0 Å². The van der Waals surface area contributed by atoms with Gasteiger partial charge in [0.1, 0.15) is 12.4 Å². The van der Waals surface area contributed by atoms with E-state index in [-0.39, 0.29) is 24.4 Å². The van der Waals surface area contributed by atoms with E-state index in [4.69, 9.17) is 10.5 Å². The van der Waals surface area contributed by atoms with Crippen LogP contribution in [0.2, 0.25) is 0 Å². The van der Waals surface area contributed by atoms with Crippen LogP contribution in [0.3, 0.4) is 0 Å². The lowest BCUT2D eigenvalue weighted by molar-refractivity contribution is -0.121. The highest BCUT2D eigenvalue weighted by Crippen LogP contribution is 2.18. The quantitative estimate of drug-likeness (QED) is 0.725. The number of ether oxygens (including phenoxy) is 1. The first kappa shape index (κ1) is 19.7. The molecule has 0 radical (unpaired) electrons. The van der Waals surface area contributed by atoms with Gasteiger partial charge in [0.05, 0.1) is 6.54 Å². The van der Waals surface area contributed by atoms with Crippen molar-refractivity contribution in [1.29, 1.82) is 0 Å². The van der Waals surface area contributed by atoms with Gasteiger partial charge in [-0.25, -0.2) is 0 Å². The summed E-state index contributed by atoms with van der Waals surface area (Å²) >= 11 is 0. The van der Waals surface area contributed by atoms with E-state index in [1.165, 1.54) is 5.56 Å². The Labute approximate surface area is 133 Å². The minimum Gasteiger partial charge on any atom is -0.492 e. The summed E-state index contributed by atoms with van der Waals surface area (Å²) in [6.07, 6.45) is 1.18. The number of carbonyl (C=O) groups excluding carboxylic acids is 1. The average Bonchev–Trinajstić information content (AvgIpc) is 2.42. The first-order chi connectivity index (χ1) is 9.49. The summed E-state index contributed by atoms with van der Waals surface area (Å²) < 4.78 is 5.58. The largest absolute Gasteiger partial charge is 0.492 e. The van der Waals surface area contributed by atoms with Gasteiger partial charge in [-0.3, -0.25) is 4.79 Å². The molecule has 0 aliphatic rings. The molecule has 5 heteroatoms. The molecule has 0 aliphatic heterocycles. The number of nitrogens with one attached hydrogen (secondary N) is 1. The number of carbonyl (C=O) groups is 1. The molecule has 0 aromatic heterocycles. The molecule has 0 spiro atoms. The number of amides is 1. The third-order valence-electron chi connectivity index (χ3n) is 3.07. The Morgan fingerprint density at radius 3 is 2.38 bits per heavy atom. The zero-order valence-corrected chi connectivity index (χ0v) is 13.9. The Morgan fingerprint density at radius 1 is 1.24 bits per heavy atom. The lowest BCUT2D eigenvalue weighted by Gasteiger charge is -2.10. The minimum atomic E-state index is 0. The van der Waals surface area contributed by atoms with Gasteiger partial charge < -0.3 is 15.8 Å². The molecule has 1 atom stereocenters. The van der Waals surface area contributed by atoms with Crippen molar-refractivity contribution in [2.45, 2.75) is 45.6 Å². The summed E-state index contributed by atoms with van der Waals surface area (Å²) in [6, 6.07) is 8.14. The predicted octanol–water partition coefficient (Wildman–Crippen LogP) is 2.85. The summed E-state index contributed by atoms with van der Waals surface area (Å²) in [6.45, 7) is 7.22. The Kier molecular flexibility index (Phi) is 9.84. The number of nitrogens with two attached hydrogens (primary N) is 1. The summed E-state index contributed by atoms with van der Waals surface area (Å²) in [5, 5.41) is 2.82. The van der Waals surface area contributed by atoms with E-state index in [1.807, 2.05) is 19.1 Å². The van der Waals surface area contributed by atoms with Crippen molar-refractivity contribution in [3.8, 4) is 5.75 Å². The zero-order valence-electron chi connectivity index (χ0n) is 13.1. The van der Waals surface area contributed by atoms with E-state index in [2.05, 4.69) is 31.3 Å². The highest BCUT2D eigenvalue weighted by molar-refractivity contribution is 5.85. The third-order valence-corrected chi connectivity index (χ3v) is 3.07. The van der Waals surface area contributed by atoms with Gasteiger partial charge in [0.2, 0.25) is 5.91 Å². The Morgan fingerprint density at radius 2 is 1.86 bits per heavy atom. The fourth-order valence-electron chi connectivity index (χ4n) is 1.76. The molecule has 0 saturated heterocycles. The van der Waals surface area contributed by atoms with Gasteiger partial charge in [-0.05, 0) is 37.0 Å². The Balaban J connectivity index is 0.00000400. The Bertz CT molecular complexity index is 405. The molecule has 0 bridgehead atoms. The lowest BCUT2D eigenvalue weighted by Crippen LogP contribution is -2.29. The van der Waals surface area contributed by atoms with Crippen molar-refractivity contribution < 1.29 is 9.53 Å². The highest BCUT2D eigenvalue weighted by Gasteiger charge is 2.03. The van der Waals surface area contributed by atoms with Crippen molar-refractivity contribution in [2.75, 3.05) is 13.2 Å². The Hall–Kier alpha value is -1.26. The maximum absolute atomic E-state index is 11.5. The molecule has 120 valence electrons. The van der Waals surface area contributed by atoms with Crippen molar-refractivity contribution in [3.05, 3.63) is 29.8 Å². The normalized spacial score (nSPS) is 11.7. The van der Waals surface area contributed by atoms with Crippen LogP contribution < -0.4 is 15.8 Å². The molecule has 21 heavy (non-hydrogen) atoms. The summed E-state index contributed by atoms with van der Waals surface area (Å²) in [7, 11) is 0. The van der Waals surface area contributed by atoms with E-state index in [9.17, 15) is 4.79 Å². The maximum Gasteiger partial charge on any atom is 0.220 e. The van der Waals surface area contributed by atoms with Gasteiger partial charge in [0.25, 0.3) is 0 Å². The predicted molar refractivity (Wildman–Crippen MR) is 89.2 cm³/mol. The van der Waals surface area contributed by atoms with Crippen molar-refractivity contribution in [1.82, 2.24) is 5.32 Å². The second-order valence-corrected chi connectivity index (χ2v) is 5.44. The standard InChI is InChI=1S/C16H26N2O2.ClH/c1-12(2)14-5-7-15(8-6-14)20-11-10-18-16(19)9-4-13(3)17;/h5-8,12-13H,4,9-11,17H2,1-3H3,(H,18,19);1H. The number of halogens is 1. The molecule has 0 heterocycles. The van der Waals surface area contributed by atoms with E-state index < -0.39 is 0 Å². The monoisotopic (exact) mass is 314 g/mol. The minimum absolute atomic E-state index is 0. The molecular weight excluding hydrogens is 288 g/mol. The van der Waals surface area contributed by atoms with Gasteiger partial charge in [-0.15, -0.1) is 12.4 Å². The van der Waals surface area contributed by atoms with Crippen LogP contribution in [0.25, 0.3) is 0 Å². The molecular formula is C16H27ClN2O2. The van der Waals surface area contributed by atoms with E-state index >= 15 is 0 Å². The molecule has 0 saturated carbocycles. The molecule has 1 amide bonds.